The Bertz CT molecular complexity index is 553. The molecule has 1 saturated heterocycles. The number of nitrogens with zero attached hydrogens (tertiary/aromatic N) is 1. The van der Waals surface area contributed by atoms with Crippen LogP contribution in [0.25, 0.3) is 0 Å². The van der Waals surface area contributed by atoms with E-state index < -0.39 is 16.1 Å². The van der Waals surface area contributed by atoms with Gasteiger partial charge in [0.2, 0.25) is 10.0 Å². The van der Waals surface area contributed by atoms with E-state index in [0.717, 1.165) is 0 Å². The summed E-state index contributed by atoms with van der Waals surface area (Å²) >= 11 is 0. The van der Waals surface area contributed by atoms with Crippen LogP contribution < -0.4 is 4.74 Å². The van der Waals surface area contributed by atoms with Crippen LogP contribution in [0.4, 0.5) is 0 Å². The zero-order valence-corrected chi connectivity index (χ0v) is 12.8. The topological polar surface area (TPSA) is 66.8 Å². The highest BCUT2D eigenvalue weighted by Crippen LogP contribution is 2.27. The van der Waals surface area contributed by atoms with Gasteiger partial charge < -0.3 is 9.84 Å². The monoisotopic (exact) mass is 299 g/mol. The summed E-state index contributed by atoms with van der Waals surface area (Å²) in [6, 6.07) is 6.02. The van der Waals surface area contributed by atoms with E-state index in [1.165, 1.54) is 4.31 Å². The number of benzene rings is 1. The number of ether oxygens (including phenoxy) is 1. The van der Waals surface area contributed by atoms with Crippen LogP contribution in [0.2, 0.25) is 0 Å². The minimum atomic E-state index is -3.55. The average molecular weight is 299 g/mol. The van der Waals surface area contributed by atoms with Crippen LogP contribution in [0.3, 0.4) is 0 Å². The largest absolute Gasteiger partial charge is 0.491 e. The molecule has 5 nitrogen and oxygen atoms in total. The molecule has 1 heterocycles. The first-order valence-corrected chi connectivity index (χ1v) is 8.23. The fourth-order valence-electron chi connectivity index (χ4n) is 2.33. The molecule has 2 atom stereocenters. The number of rotatable bonds is 4. The zero-order chi connectivity index (χ0) is 14.9. The Morgan fingerprint density at radius 1 is 1.30 bits per heavy atom. The minimum absolute atomic E-state index is 0.0474. The van der Waals surface area contributed by atoms with Crippen LogP contribution in [0.5, 0.6) is 5.75 Å². The molecule has 0 aromatic heterocycles. The molecule has 6 heteroatoms. The molecule has 0 radical (unpaired) electrons. The maximum atomic E-state index is 12.5. The van der Waals surface area contributed by atoms with E-state index in [0.29, 0.717) is 18.7 Å². The summed E-state index contributed by atoms with van der Waals surface area (Å²) in [6.07, 6.45) is -0.0610. The molecule has 0 bridgehead atoms. The van der Waals surface area contributed by atoms with Gasteiger partial charge in [0.25, 0.3) is 0 Å². The number of sulfonamides is 1. The maximum Gasteiger partial charge on any atom is 0.243 e. The molecule has 0 unspecified atom stereocenters. The van der Waals surface area contributed by atoms with Crippen molar-refractivity contribution in [2.75, 3.05) is 6.54 Å². The van der Waals surface area contributed by atoms with E-state index in [1.807, 2.05) is 13.8 Å². The molecule has 1 aromatic carbocycles. The summed E-state index contributed by atoms with van der Waals surface area (Å²) in [5.74, 6) is 0.647. The molecule has 112 valence electrons. The van der Waals surface area contributed by atoms with Crippen molar-refractivity contribution in [2.45, 2.75) is 50.3 Å². The second kappa shape index (κ2) is 5.71. The molecule has 0 aliphatic carbocycles. The SMILES string of the molecule is CC(C)Oc1ccc(S(=O)(=O)N2CC[C@H](O)[C@@H]2C)cc1. The summed E-state index contributed by atoms with van der Waals surface area (Å²) in [5.41, 5.74) is 0. The van der Waals surface area contributed by atoms with Crippen LogP contribution in [0.15, 0.2) is 29.2 Å². The second-order valence-corrected chi connectivity index (χ2v) is 7.24. The van der Waals surface area contributed by atoms with Gasteiger partial charge in [-0.25, -0.2) is 8.42 Å². The third kappa shape index (κ3) is 2.97. The van der Waals surface area contributed by atoms with Crippen molar-refractivity contribution in [1.82, 2.24) is 4.31 Å². The van der Waals surface area contributed by atoms with Crippen molar-refractivity contribution in [1.29, 1.82) is 0 Å². The van der Waals surface area contributed by atoms with E-state index in [9.17, 15) is 13.5 Å². The van der Waals surface area contributed by atoms with Crippen molar-refractivity contribution in [2.24, 2.45) is 0 Å². The zero-order valence-electron chi connectivity index (χ0n) is 12.0. The Labute approximate surface area is 120 Å². The molecule has 1 aliphatic heterocycles. The van der Waals surface area contributed by atoms with E-state index in [1.54, 1.807) is 31.2 Å². The summed E-state index contributed by atoms with van der Waals surface area (Å²) < 4.78 is 31.9. The van der Waals surface area contributed by atoms with Crippen molar-refractivity contribution < 1.29 is 18.3 Å². The number of hydrogen-bond acceptors (Lipinski definition) is 4. The quantitative estimate of drug-likeness (QED) is 0.917. The van der Waals surface area contributed by atoms with Gasteiger partial charge >= 0.3 is 0 Å². The lowest BCUT2D eigenvalue weighted by Crippen LogP contribution is -2.37. The molecule has 0 saturated carbocycles. The van der Waals surface area contributed by atoms with Crippen molar-refractivity contribution >= 4 is 10.0 Å². The Morgan fingerprint density at radius 3 is 2.35 bits per heavy atom. The Kier molecular flexibility index (Phi) is 4.36. The molecule has 1 N–H and O–H groups in total. The van der Waals surface area contributed by atoms with Crippen LogP contribution in [0, 0.1) is 0 Å². The molecular weight excluding hydrogens is 278 g/mol. The van der Waals surface area contributed by atoms with Crippen LogP contribution in [0.1, 0.15) is 27.2 Å². The first-order valence-electron chi connectivity index (χ1n) is 6.79. The molecule has 1 aromatic rings. The second-order valence-electron chi connectivity index (χ2n) is 5.35. The van der Waals surface area contributed by atoms with Gasteiger partial charge in [0.05, 0.1) is 17.1 Å². The number of aliphatic hydroxyl groups excluding tert-OH is 1. The predicted octanol–water partition coefficient (Wildman–Crippen LogP) is 1.62. The van der Waals surface area contributed by atoms with E-state index in [-0.39, 0.29) is 17.0 Å². The lowest BCUT2D eigenvalue weighted by molar-refractivity contribution is 0.150. The Balaban J connectivity index is 2.22. The van der Waals surface area contributed by atoms with Crippen LogP contribution in [-0.4, -0.2) is 42.6 Å². The molecule has 0 amide bonds. The Hall–Kier alpha value is -1.11. The lowest BCUT2D eigenvalue weighted by atomic mass is 10.2. The molecular formula is C14H21NO4S. The van der Waals surface area contributed by atoms with Crippen molar-refractivity contribution in [3.8, 4) is 5.75 Å². The molecule has 0 spiro atoms. The molecule has 2 rings (SSSR count). The first kappa shape index (κ1) is 15.3. The van der Waals surface area contributed by atoms with Gasteiger partial charge in [-0.05, 0) is 51.5 Å². The summed E-state index contributed by atoms with van der Waals surface area (Å²) in [4.78, 5) is 0.231. The van der Waals surface area contributed by atoms with Crippen molar-refractivity contribution in [3.63, 3.8) is 0 Å². The number of hydrogen-bond donors (Lipinski definition) is 1. The van der Waals surface area contributed by atoms with Gasteiger partial charge in [0.15, 0.2) is 0 Å². The molecule has 1 aliphatic rings. The van der Waals surface area contributed by atoms with Gasteiger partial charge in [0, 0.05) is 12.6 Å². The lowest BCUT2D eigenvalue weighted by Gasteiger charge is -2.22. The summed E-state index contributed by atoms with van der Waals surface area (Å²) in [6.45, 7) is 5.91. The highest BCUT2D eigenvalue weighted by atomic mass is 32.2. The first-order chi connectivity index (χ1) is 9.32. The maximum absolute atomic E-state index is 12.5. The van der Waals surface area contributed by atoms with Crippen molar-refractivity contribution in [3.05, 3.63) is 24.3 Å². The molecule has 20 heavy (non-hydrogen) atoms. The van der Waals surface area contributed by atoms with Crippen LogP contribution in [-0.2, 0) is 10.0 Å². The van der Waals surface area contributed by atoms with E-state index in [2.05, 4.69) is 0 Å². The standard InChI is InChI=1S/C14H21NO4S/c1-10(2)19-12-4-6-13(7-5-12)20(17,18)15-9-8-14(16)11(15)3/h4-7,10-11,14,16H,8-9H2,1-3H3/t11-,14-/m0/s1. The van der Waals surface area contributed by atoms with Gasteiger partial charge in [-0.15, -0.1) is 0 Å². The average Bonchev–Trinajstić information content (AvgIpc) is 2.70. The number of aliphatic hydroxyl groups is 1. The van der Waals surface area contributed by atoms with E-state index >= 15 is 0 Å². The molecule has 1 fully saturated rings. The normalized spacial score (nSPS) is 24.2. The van der Waals surface area contributed by atoms with Gasteiger partial charge in [-0.3, -0.25) is 0 Å². The highest BCUT2D eigenvalue weighted by Gasteiger charge is 2.37. The van der Waals surface area contributed by atoms with Gasteiger partial charge in [-0.1, -0.05) is 0 Å². The van der Waals surface area contributed by atoms with Gasteiger partial charge in [0.1, 0.15) is 5.75 Å². The summed E-state index contributed by atoms with van der Waals surface area (Å²) in [7, 11) is -3.55. The van der Waals surface area contributed by atoms with Crippen LogP contribution >= 0.6 is 0 Å². The van der Waals surface area contributed by atoms with E-state index in [4.69, 9.17) is 4.74 Å². The van der Waals surface area contributed by atoms with Gasteiger partial charge in [-0.2, -0.15) is 4.31 Å². The fourth-order valence-corrected chi connectivity index (χ4v) is 4.01. The smallest absolute Gasteiger partial charge is 0.243 e. The summed E-state index contributed by atoms with van der Waals surface area (Å²) in [5, 5.41) is 9.70. The highest BCUT2D eigenvalue weighted by molar-refractivity contribution is 7.89. The third-order valence-corrected chi connectivity index (χ3v) is 5.46. The predicted molar refractivity (Wildman–Crippen MR) is 76.2 cm³/mol. The minimum Gasteiger partial charge on any atom is -0.491 e. The third-order valence-electron chi connectivity index (χ3n) is 3.46. The Morgan fingerprint density at radius 2 is 1.90 bits per heavy atom. The fraction of sp³-hybridized carbons (Fsp3) is 0.571.